The maximum Gasteiger partial charge on any atom is 0.375 e. The minimum Gasteiger partial charge on any atom is -0.475 e. The van der Waals surface area contributed by atoms with Gasteiger partial charge in [0.2, 0.25) is 5.95 Å². The molecule has 0 spiro atoms. The second-order valence-electron chi connectivity index (χ2n) is 6.91. The van der Waals surface area contributed by atoms with E-state index in [0.29, 0.717) is 11.9 Å². The first-order chi connectivity index (χ1) is 13.1. The number of aryl methyl sites for hydroxylation is 1. The Morgan fingerprint density at radius 3 is 2.67 bits per heavy atom. The van der Waals surface area contributed by atoms with Gasteiger partial charge in [0.15, 0.2) is 0 Å². The normalized spacial score (nSPS) is 15.2. The predicted molar refractivity (Wildman–Crippen MR) is 100.0 cm³/mol. The number of piperidine rings is 1. The zero-order valence-corrected chi connectivity index (χ0v) is 15.2. The highest BCUT2D eigenvalue weighted by atomic mass is 16.4. The minimum atomic E-state index is -1.10. The van der Waals surface area contributed by atoms with Crippen LogP contribution in [0, 0.1) is 0 Å². The van der Waals surface area contributed by atoms with Crippen molar-refractivity contribution in [1.82, 2.24) is 25.0 Å². The first-order valence-electron chi connectivity index (χ1n) is 9.07. The lowest BCUT2D eigenvalue weighted by molar-refractivity contribution is 0.0683. The molecule has 0 atom stereocenters. The van der Waals surface area contributed by atoms with E-state index in [1.807, 2.05) is 18.2 Å². The van der Waals surface area contributed by atoms with E-state index >= 15 is 0 Å². The lowest BCUT2D eigenvalue weighted by Gasteiger charge is -2.31. The first kappa shape index (κ1) is 17.3. The Hall–Kier alpha value is -3.16. The van der Waals surface area contributed by atoms with E-state index < -0.39 is 5.97 Å². The van der Waals surface area contributed by atoms with Crippen LogP contribution in [-0.4, -0.2) is 49.1 Å². The number of carboxylic acid groups (broad SMARTS) is 1. The molecule has 4 rings (SSSR count). The van der Waals surface area contributed by atoms with Gasteiger partial charge in [0.1, 0.15) is 0 Å². The fourth-order valence-corrected chi connectivity index (χ4v) is 3.61. The molecular formula is C19H22N6O2. The minimum absolute atomic E-state index is 0.160. The van der Waals surface area contributed by atoms with Crippen LogP contribution in [0.15, 0.2) is 36.4 Å². The van der Waals surface area contributed by atoms with Crippen molar-refractivity contribution in [1.29, 1.82) is 0 Å². The van der Waals surface area contributed by atoms with Crippen LogP contribution < -0.4 is 4.90 Å². The number of hydrogen-bond acceptors (Lipinski definition) is 5. The van der Waals surface area contributed by atoms with Gasteiger partial charge in [-0.25, -0.2) is 9.48 Å². The number of H-pyrrole nitrogens is 1. The van der Waals surface area contributed by atoms with Crippen molar-refractivity contribution in [2.24, 2.45) is 7.05 Å². The number of carboxylic acids is 1. The van der Waals surface area contributed by atoms with Crippen LogP contribution in [0.25, 0.3) is 0 Å². The second kappa shape index (κ2) is 7.22. The number of nitrogens with one attached hydrogen (secondary N) is 1. The van der Waals surface area contributed by atoms with Gasteiger partial charge in [0, 0.05) is 38.2 Å². The molecule has 0 saturated carbocycles. The number of aromatic nitrogens is 5. The molecule has 0 amide bonds. The molecule has 3 heterocycles. The SMILES string of the molecule is Cn1nc(C(=O)O)nc1N1CCC(c2cc(Cc3ccccc3)[nH]n2)CC1. The quantitative estimate of drug-likeness (QED) is 0.718. The van der Waals surface area contributed by atoms with E-state index in [4.69, 9.17) is 5.11 Å². The van der Waals surface area contributed by atoms with Gasteiger partial charge in [-0.05, 0) is 24.5 Å². The van der Waals surface area contributed by atoms with Gasteiger partial charge in [-0.2, -0.15) is 10.1 Å². The third kappa shape index (κ3) is 3.69. The van der Waals surface area contributed by atoms with Crippen LogP contribution in [0.5, 0.6) is 0 Å². The lowest BCUT2D eigenvalue weighted by atomic mass is 9.93. The Morgan fingerprint density at radius 1 is 1.26 bits per heavy atom. The van der Waals surface area contributed by atoms with Crippen molar-refractivity contribution in [3.05, 3.63) is 59.2 Å². The van der Waals surface area contributed by atoms with Crippen molar-refractivity contribution in [3.8, 4) is 0 Å². The third-order valence-corrected chi connectivity index (χ3v) is 5.02. The van der Waals surface area contributed by atoms with Crippen LogP contribution >= 0.6 is 0 Å². The molecule has 8 heteroatoms. The number of aromatic amines is 1. The van der Waals surface area contributed by atoms with E-state index in [9.17, 15) is 4.79 Å². The van der Waals surface area contributed by atoms with Crippen molar-refractivity contribution < 1.29 is 9.90 Å². The van der Waals surface area contributed by atoms with Gasteiger partial charge < -0.3 is 10.0 Å². The fraction of sp³-hybridized carbons (Fsp3) is 0.368. The second-order valence-corrected chi connectivity index (χ2v) is 6.91. The van der Waals surface area contributed by atoms with E-state index in [0.717, 1.165) is 43.7 Å². The predicted octanol–water partition coefficient (Wildman–Crippen LogP) is 2.21. The number of nitrogens with zero attached hydrogens (tertiary/aromatic N) is 5. The molecule has 0 aliphatic carbocycles. The Bertz CT molecular complexity index is 925. The topological polar surface area (TPSA) is 99.9 Å². The van der Waals surface area contributed by atoms with Gasteiger partial charge in [-0.3, -0.25) is 5.10 Å². The summed E-state index contributed by atoms with van der Waals surface area (Å²) in [5, 5.41) is 20.7. The molecule has 27 heavy (non-hydrogen) atoms. The molecule has 0 unspecified atom stereocenters. The zero-order chi connectivity index (χ0) is 18.8. The monoisotopic (exact) mass is 366 g/mol. The lowest BCUT2D eigenvalue weighted by Crippen LogP contribution is -2.34. The maximum absolute atomic E-state index is 11.1. The summed E-state index contributed by atoms with van der Waals surface area (Å²) in [5.74, 6) is -0.256. The standard InChI is InChI=1S/C19H22N6O2/c1-24-19(20-17(23-24)18(26)27)25-9-7-14(8-10-25)16-12-15(21-22-16)11-13-5-3-2-4-6-13/h2-6,12,14H,7-11H2,1H3,(H,21,22)(H,26,27). The number of carbonyl (C=O) groups is 1. The van der Waals surface area contributed by atoms with Gasteiger partial charge in [-0.15, -0.1) is 5.10 Å². The van der Waals surface area contributed by atoms with Crippen LogP contribution in [0.3, 0.4) is 0 Å². The summed E-state index contributed by atoms with van der Waals surface area (Å²) in [5.41, 5.74) is 3.49. The number of rotatable bonds is 5. The van der Waals surface area contributed by atoms with Crippen LogP contribution in [-0.2, 0) is 13.5 Å². The summed E-state index contributed by atoms with van der Waals surface area (Å²) in [6.07, 6.45) is 2.75. The fourth-order valence-electron chi connectivity index (χ4n) is 3.61. The van der Waals surface area contributed by atoms with Gasteiger partial charge >= 0.3 is 5.97 Å². The molecule has 140 valence electrons. The van der Waals surface area contributed by atoms with Gasteiger partial charge in [-0.1, -0.05) is 30.3 Å². The largest absolute Gasteiger partial charge is 0.475 e. The molecule has 2 aromatic heterocycles. The molecule has 0 radical (unpaired) electrons. The Labute approximate surface area is 156 Å². The molecule has 1 saturated heterocycles. The average molecular weight is 366 g/mol. The smallest absolute Gasteiger partial charge is 0.375 e. The van der Waals surface area contributed by atoms with Gasteiger partial charge in [0.05, 0.1) is 5.69 Å². The summed E-state index contributed by atoms with van der Waals surface area (Å²) >= 11 is 0. The van der Waals surface area contributed by atoms with E-state index in [1.54, 1.807) is 7.05 Å². The number of hydrogen-bond donors (Lipinski definition) is 2. The summed E-state index contributed by atoms with van der Waals surface area (Å²) in [4.78, 5) is 17.3. The highest BCUT2D eigenvalue weighted by Crippen LogP contribution is 2.29. The zero-order valence-electron chi connectivity index (χ0n) is 15.2. The number of anilines is 1. The van der Waals surface area contributed by atoms with E-state index in [2.05, 4.69) is 43.4 Å². The van der Waals surface area contributed by atoms with Crippen molar-refractivity contribution >= 4 is 11.9 Å². The molecule has 1 aliphatic heterocycles. The highest BCUT2D eigenvalue weighted by molar-refractivity contribution is 5.83. The summed E-state index contributed by atoms with van der Waals surface area (Å²) in [7, 11) is 1.73. The molecule has 8 nitrogen and oxygen atoms in total. The third-order valence-electron chi connectivity index (χ3n) is 5.02. The Kier molecular flexibility index (Phi) is 4.62. The molecule has 1 fully saturated rings. The maximum atomic E-state index is 11.1. The van der Waals surface area contributed by atoms with Gasteiger partial charge in [0.25, 0.3) is 5.82 Å². The first-order valence-corrected chi connectivity index (χ1v) is 9.07. The summed E-state index contributed by atoms with van der Waals surface area (Å²) in [6.45, 7) is 1.61. The Balaban J connectivity index is 1.39. The highest BCUT2D eigenvalue weighted by Gasteiger charge is 2.26. The molecule has 2 N–H and O–H groups in total. The van der Waals surface area contributed by atoms with Crippen LogP contribution in [0.4, 0.5) is 5.95 Å². The van der Waals surface area contributed by atoms with Crippen molar-refractivity contribution in [2.75, 3.05) is 18.0 Å². The molecule has 1 aliphatic rings. The molecular weight excluding hydrogens is 344 g/mol. The van der Waals surface area contributed by atoms with Crippen LogP contribution in [0.1, 0.15) is 46.3 Å². The van der Waals surface area contributed by atoms with E-state index in [-0.39, 0.29) is 5.82 Å². The summed E-state index contributed by atoms with van der Waals surface area (Å²) < 4.78 is 1.54. The molecule has 1 aromatic carbocycles. The molecule has 3 aromatic rings. The number of aromatic carboxylic acids is 1. The van der Waals surface area contributed by atoms with Crippen LogP contribution in [0.2, 0.25) is 0 Å². The number of benzene rings is 1. The summed E-state index contributed by atoms with van der Waals surface area (Å²) in [6, 6.07) is 12.5. The van der Waals surface area contributed by atoms with E-state index in [1.165, 1.54) is 10.2 Å². The Morgan fingerprint density at radius 2 is 2.00 bits per heavy atom. The molecule has 0 bridgehead atoms. The average Bonchev–Trinajstić information content (AvgIpc) is 3.30. The van der Waals surface area contributed by atoms with Crippen molar-refractivity contribution in [3.63, 3.8) is 0 Å². The van der Waals surface area contributed by atoms with Crippen molar-refractivity contribution in [2.45, 2.75) is 25.2 Å².